The normalized spacial score (nSPS) is 13.5. The van der Waals surface area contributed by atoms with E-state index in [9.17, 15) is 13.2 Å². The molecule has 2 N–H and O–H groups in total. The lowest BCUT2D eigenvalue weighted by Crippen LogP contribution is -2.24. The Labute approximate surface area is 150 Å². The number of H-pyrrole nitrogens is 1. The van der Waals surface area contributed by atoms with Crippen molar-refractivity contribution in [2.24, 2.45) is 5.92 Å². The molecule has 0 amide bonds. The molecule has 0 saturated carbocycles. The van der Waals surface area contributed by atoms with Gasteiger partial charge in [0.1, 0.15) is 4.83 Å². The maximum atomic E-state index is 12.5. The second kappa shape index (κ2) is 7.99. The van der Waals surface area contributed by atoms with Crippen molar-refractivity contribution in [1.82, 2.24) is 14.7 Å². The maximum Gasteiger partial charge on any atom is 0.260 e. The molecule has 0 aromatic carbocycles. The highest BCUT2D eigenvalue weighted by molar-refractivity contribution is 7.99. The van der Waals surface area contributed by atoms with Crippen molar-refractivity contribution < 1.29 is 8.42 Å². The topological polar surface area (TPSA) is 91.9 Å². The number of thioether (sulfide) groups is 1. The Morgan fingerprint density at radius 1 is 1.42 bits per heavy atom. The van der Waals surface area contributed by atoms with Crippen LogP contribution in [-0.4, -0.2) is 36.9 Å². The summed E-state index contributed by atoms with van der Waals surface area (Å²) in [6, 6.07) is 0. The second-order valence-corrected chi connectivity index (χ2v) is 10.0. The highest BCUT2D eigenvalue weighted by atomic mass is 32.2. The predicted octanol–water partition coefficient (Wildman–Crippen LogP) is 2.52. The summed E-state index contributed by atoms with van der Waals surface area (Å²) in [4.78, 5) is 21.7. The Hall–Kier alpha value is -0.900. The van der Waals surface area contributed by atoms with Crippen LogP contribution in [0.25, 0.3) is 10.2 Å². The van der Waals surface area contributed by atoms with E-state index >= 15 is 0 Å². The molecule has 0 radical (unpaired) electrons. The predicted molar refractivity (Wildman–Crippen MR) is 102 cm³/mol. The molecule has 1 atom stereocenters. The SMILES string of the molecule is CCC(C)Cc1c(C)sc2nc(SCCNS(C)(=O)=O)[nH]c(=O)c12. The van der Waals surface area contributed by atoms with Gasteiger partial charge in [-0.3, -0.25) is 4.79 Å². The number of thiophene rings is 1. The Bertz CT molecular complexity index is 871. The van der Waals surface area contributed by atoms with E-state index in [0.29, 0.717) is 28.8 Å². The first-order chi connectivity index (χ1) is 11.2. The summed E-state index contributed by atoms with van der Waals surface area (Å²) in [5.41, 5.74) is 0.995. The first-order valence-electron chi connectivity index (χ1n) is 7.81. The molecule has 0 aliphatic carbocycles. The zero-order chi connectivity index (χ0) is 17.9. The number of sulfonamides is 1. The van der Waals surface area contributed by atoms with Crippen molar-refractivity contribution in [3.63, 3.8) is 0 Å². The first kappa shape index (κ1) is 19.4. The zero-order valence-corrected chi connectivity index (χ0v) is 16.8. The molecular formula is C15H23N3O3S3. The third kappa shape index (κ3) is 5.05. The van der Waals surface area contributed by atoms with E-state index in [1.54, 1.807) is 11.3 Å². The van der Waals surface area contributed by atoms with Crippen LogP contribution in [0.5, 0.6) is 0 Å². The molecule has 2 aromatic rings. The van der Waals surface area contributed by atoms with E-state index in [4.69, 9.17) is 0 Å². The van der Waals surface area contributed by atoms with E-state index in [1.165, 1.54) is 11.8 Å². The van der Waals surface area contributed by atoms with Crippen LogP contribution in [-0.2, 0) is 16.4 Å². The highest BCUT2D eigenvalue weighted by Gasteiger charge is 2.16. The average Bonchev–Trinajstić information content (AvgIpc) is 2.79. The van der Waals surface area contributed by atoms with Crippen LogP contribution in [0.2, 0.25) is 0 Å². The molecule has 0 bridgehead atoms. The largest absolute Gasteiger partial charge is 0.301 e. The van der Waals surface area contributed by atoms with Crippen LogP contribution in [0.15, 0.2) is 9.95 Å². The van der Waals surface area contributed by atoms with Crippen LogP contribution >= 0.6 is 23.1 Å². The van der Waals surface area contributed by atoms with E-state index in [2.05, 4.69) is 28.5 Å². The average molecular weight is 390 g/mol. The number of nitrogens with one attached hydrogen (secondary N) is 2. The van der Waals surface area contributed by atoms with Gasteiger partial charge in [-0.05, 0) is 24.8 Å². The molecule has 1 unspecified atom stereocenters. The zero-order valence-electron chi connectivity index (χ0n) is 14.3. The standard InChI is InChI=1S/C15H23N3O3S3/c1-5-9(2)8-11-10(3)23-14-12(11)13(19)17-15(18-14)22-7-6-16-24(4,20)21/h9,16H,5-8H2,1-4H3,(H,17,18,19). The molecule has 2 heterocycles. The van der Waals surface area contributed by atoms with E-state index in [1.807, 2.05) is 6.92 Å². The Balaban J connectivity index is 2.20. The van der Waals surface area contributed by atoms with Crippen LogP contribution in [0.1, 0.15) is 30.7 Å². The van der Waals surface area contributed by atoms with Gasteiger partial charge < -0.3 is 4.98 Å². The summed E-state index contributed by atoms with van der Waals surface area (Å²) in [7, 11) is -3.19. The minimum Gasteiger partial charge on any atom is -0.301 e. The molecular weight excluding hydrogens is 366 g/mol. The van der Waals surface area contributed by atoms with Crippen LogP contribution in [0.3, 0.4) is 0 Å². The Kier molecular flexibility index (Phi) is 6.46. The molecule has 0 spiro atoms. The van der Waals surface area contributed by atoms with Gasteiger partial charge in [0, 0.05) is 17.2 Å². The first-order valence-corrected chi connectivity index (χ1v) is 11.5. The van der Waals surface area contributed by atoms with Gasteiger partial charge in [0.25, 0.3) is 5.56 Å². The molecule has 0 saturated heterocycles. The van der Waals surface area contributed by atoms with Gasteiger partial charge in [0.15, 0.2) is 5.16 Å². The summed E-state index contributed by atoms with van der Waals surface area (Å²) < 4.78 is 24.5. The van der Waals surface area contributed by atoms with Crippen molar-refractivity contribution in [3.05, 3.63) is 20.8 Å². The fourth-order valence-corrected chi connectivity index (χ4v) is 4.77. The van der Waals surface area contributed by atoms with Crippen LogP contribution < -0.4 is 10.3 Å². The summed E-state index contributed by atoms with van der Waals surface area (Å²) >= 11 is 2.88. The minimum absolute atomic E-state index is 0.110. The number of aryl methyl sites for hydroxylation is 1. The van der Waals surface area contributed by atoms with Gasteiger partial charge >= 0.3 is 0 Å². The fraction of sp³-hybridized carbons (Fsp3) is 0.600. The quantitative estimate of drug-likeness (QED) is 0.411. The van der Waals surface area contributed by atoms with Crippen LogP contribution in [0, 0.1) is 12.8 Å². The number of fused-ring (bicyclic) bond motifs is 1. The molecule has 24 heavy (non-hydrogen) atoms. The number of rotatable bonds is 8. The molecule has 6 nitrogen and oxygen atoms in total. The number of hydrogen-bond donors (Lipinski definition) is 2. The fourth-order valence-electron chi connectivity index (χ4n) is 2.34. The van der Waals surface area contributed by atoms with Crippen molar-refractivity contribution in [1.29, 1.82) is 0 Å². The van der Waals surface area contributed by atoms with Crippen molar-refractivity contribution in [3.8, 4) is 0 Å². The van der Waals surface area contributed by atoms with Crippen LogP contribution in [0.4, 0.5) is 0 Å². The van der Waals surface area contributed by atoms with Crippen molar-refractivity contribution >= 4 is 43.3 Å². The van der Waals surface area contributed by atoms with E-state index < -0.39 is 10.0 Å². The Morgan fingerprint density at radius 2 is 2.12 bits per heavy atom. The summed E-state index contributed by atoms with van der Waals surface area (Å²) in [5.74, 6) is 1.03. The van der Waals surface area contributed by atoms with Crippen molar-refractivity contribution in [2.75, 3.05) is 18.6 Å². The third-order valence-corrected chi connectivity index (χ3v) is 6.44. The summed E-state index contributed by atoms with van der Waals surface area (Å²) in [6.45, 7) is 6.67. The van der Waals surface area contributed by atoms with Crippen molar-refractivity contribution in [2.45, 2.75) is 38.8 Å². The van der Waals surface area contributed by atoms with E-state index in [0.717, 1.165) is 34.4 Å². The smallest absolute Gasteiger partial charge is 0.260 e. The maximum absolute atomic E-state index is 12.5. The molecule has 2 rings (SSSR count). The third-order valence-electron chi connectivity index (χ3n) is 3.80. The van der Waals surface area contributed by atoms with Gasteiger partial charge in [-0.25, -0.2) is 18.1 Å². The minimum atomic E-state index is -3.19. The highest BCUT2D eigenvalue weighted by Crippen LogP contribution is 2.30. The van der Waals surface area contributed by atoms with Gasteiger partial charge in [0.05, 0.1) is 11.6 Å². The molecule has 0 aliphatic rings. The number of nitrogens with zero attached hydrogens (tertiary/aromatic N) is 1. The van der Waals surface area contributed by atoms with Gasteiger partial charge in [-0.15, -0.1) is 11.3 Å². The summed E-state index contributed by atoms with van der Waals surface area (Å²) in [5, 5.41) is 1.23. The molecule has 0 aliphatic heterocycles. The molecule has 0 fully saturated rings. The molecule has 2 aromatic heterocycles. The number of hydrogen-bond acceptors (Lipinski definition) is 6. The lowest BCUT2D eigenvalue weighted by molar-refractivity contribution is 0.561. The van der Waals surface area contributed by atoms with Gasteiger partial charge in [-0.2, -0.15) is 0 Å². The number of aromatic amines is 1. The second-order valence-electron chi connectivity index (χ2n) is 5.92. The number of aromatic nitrogens is 2. The van der Waals surface area contributed by atoms with Gasteiger partial charge in [-0.1, -0.05) is 32.0 Å². The lowest BCUT2D eigenvalue weighted by Gasteiger charge is -2.08. The Morgan fingerprint density at radius 3 is 2.75 bits per heavy atom. The van der Waals surface area contributed by atoms with E-state index in [-0.39, 0.29) is 5.56 Å². The van der Waals surface area contributed by atoms with Gasteiger partial charge in [0.2, 0.25) is 10.0 Å². The summed E-state index contributed by atoms with van der Waals surface area (Å²) in [6.07, 6.45) is 3.08. The monoisotopic (exact) mass is 389 g/mol. The molecule has 134 valence electrons. The molecule has 9 heteroatoms. The lowest BCUT2D eigenvalue weighted by atomic mass is 9.98.